The first-order valence-electron chi connectivity index (χ1n) is 11.4. The Balaban J connectivity index is 1.32. The Labute approximate surface area is 195 Å². The molecule has 0 saturated carbocycles. The van der Waals surface area contributed by atoms with Gasteiger partial charge in [-0.2, -0.15) is 5.10 Å². The van der Waals surface area contributed by atoms with Crippen molar-refractivity contribution in [1.29, 1.82) is 0 Å². The van der Waals surface area contributed by atoms with Crippen LogP contribution in [0.15, 0.2) is 91.0 Å². The molecule has 4 aromatic rings. The Morgan fingerprint density at radius 2 is 1.47 bits per heavy atom. The highest BCUT2D eigenvalue weighted by atomic mass is 35.5. The quantitative estimate of drug-likeness (QED) is 0.335. The molecule has 1 aliphatic rings. The van der Waals surface area contributed by atoms with Gasteiger partial charge in [0.2, 0.25) is 0 Å². The van der Waals surface area contributed by atoms with Gasteiger partial charge in [-0.15, -0.1) is 0 Å². The van der Waals surface area contributed by atoms with E-state index in [1.54, 1.807) is 0 Å². The maximum Gasteiger partial charge on any atom is 0.0743 e. The molecule has 1 saturated heterocycles. The number of benzene rings is 3. The van der Waals surface area contributed by atoms with Crippen LogP contribution >= 0.6 is 11.6 Å². The summed E-state index contributed by atoms with van der Waals surface area (Å²) in [4.78, 5) is 2.60. The Morgan fingerprint density at radius 1 is 0.812 bits per heavy atom. The van der Waals surface area contributed by atoms with Crippen molar-refractivity contribution in [2.45, 2.75) is 25.2 Å². The molecule has 0 unspecified atom stereocenters. The minimum absolute atomic E-state index is 0.499. The molecule has 0 radical (unpaired) electrons. The highest BCUT2D eigenvalue weighted by Crippen LogP contribution is 2.32. The lowest BCUT2D eigenvalue weighted by molar-refractivity contribution is 0.213. The predicted molar refractivity (Wildman–Crippen MR) is 133 cm³/mol. The van der Waals surface area contributed by atoms with Crippen LogP contribution in [0.25, 0.3) is 16.9 Å². The molecule has 0 spiro atoms. The van der Waals surface area contributed by atoms with Gasteiger partial charge in [-0.25, -0.2) is 4.68 Å². The second-order valence-corrected chi connectivity index (χ2v) is 9.00. The van der Waals surface area contributed by atoms with Gasteiger partial charge < -0.3 is 4.90 Å². The van der Waals surface area contributed by atoms with Gasteiger partial charge in [0, 0.05) is 23.0 Å². The molecule has 3 nitrogen and oxygen atoms in total. The molecular formula is C28H28ClN3. The van der Waals surface area contributed by atoms with E-state index in [-0.39, 0.29) is 0 Å². The normalized spacial score (nSPS) is 15.2. The third kappa shape index (κ3) is 4.79. The van der Waals surface area contributed by atoms with Gasteiger partial charge in [0.25, 0.3) is 0 Å². The number of halogens is 1. The van der Waals surface area contributed by atoms with Crippen LogP contribution in [0.3, 0.4) is 0 Å². The summed E-state index contributed by atoms with van der Waals surface area (Å²) in [6, 6.07) is 31.5. The molecule has 4 heteroatoms. The van der Waals surface area contributed by atoms with E-state index in [4.69, 9.17) is 16.7 Å². The first-order valence-corrected chi connectivity index (χ1v) is 11.8. The van der Waals surface area contributed by atoms with Crippen LogP contribution in [-0.2, 0) is 6.42 Å². The zero-order chi connectivity index (χ0) is 21.8. The first-order chi connectivity index (χ1) is 15.8. The van der Waals surface area contributed by atoms with Gasteiger partial charge in [0.15, 0.2) is 0 Å². The molecule has 5 rings (SSSR count). The Kier molecular flexibility index (Phi) is 6.38. The molecule has 1 aromatic heterocycles. The van der Waals surface area contributed by atoms with Crippen LogP contribution < -0.4 is 0 Å². The van der Waals surface area contributed by atoms with Crippen LogP contribution in [0.2, 0.25) is 5.02 Å². The molecule has 2 heterocycles. The van der Waals surface area contributed by atoms with E-state index in [2.05, 4.69) is 82.4 Å². The highest BCUT2D eigenvalue weighted by molar-refractivity contribution is 6.30. The predicted octanol–water partition coefficient (Wildman–Crippen LogP) is 6.61. The van der Waals surface area contributed by atoms with Crippen molar-refractivity contribution in [3.05, 3.63) is 107 Å². The van der Waals surface area contributed by atoms with Gasteiger partial charge in [-0.05, 0) is 68.2 Å². The van der Waals surface area contributed by atoms with Gasteiger partial charge in [-0.3, -0.25) is 0 Å². The maximum atomic E-state index is 6.13. The van der Waals surface area contributed by atoms with Crippen molar-refractivity contribution in [1.82, 2.24) is 14.7 Å². The summed E-state index contributed by atoms with van der Waals surface area (Å²) in [6.45, 7) is 3.39. The van der Waals surface area contributed by atoms with Crippen molar-refractivity contribution < 1.29 is 0 Å². The van der Waals surface area contributed by atoms with E-state index >= 15 is 0 Å². The van der Waals surface area contributed by atoms with Gasteiger partial charge in [0.1, 0.15) is 0 Å². The number of hydrogen-bond acceptors (Lipinski definition) is 2. The van der Waals surface area contributed by atoms with E-state index in [0.717, 1.165) is 60.9 Å². The van der Waals surface area contributed by atoms with Crippen molar-refractivity contribution in [3.63, 3.8) is 0 Å². The van der Waals surface area contributed by atoms with Crippen LogP contribution in [0.4, 0.5) is 0 Å². The van der Waals surface area contributed by atoms with E-state index in [1.165, 1.54) is 11.3 Å². The lowest BCUT2D eigenvalue weighted by Crippen LogP contribution is -2.34. The van der Waals surface area contributed by atoms with Crippen LogP contribution in [0.5, 0.6) is 0 Å². The molecule has 0 bridgehead atoms. The third-order valence-corrected chi connectivity index (χ3v) is 6.69. The number of likely N-dealkylation sites (tertiary alicyclic amines) is 1. The molecule has 0 atom stereocenters. The fraction of sp³-hybridized carbons (Fsp3) is 0.250. The summed E-state index contributed by atoms with van der Waals surface area (Å²) in [6.07, 6.45) is 3.43. The molecule has 0 aliphatic carbocycles. The molecule has 32 heavy (non-hydrogen) atoms. The number of aromatic nitrogens is 2. The topological polar surface area (TPSA) is 21.1 Å². The summed E-state index contributed by atoms with van der Waals surface area (Å²) >= 11 is 6.13. The van der Waals surface area contributed by atoms with Crippen molar-refractivity contribution >= 4 is 11.6 Å². The largest absolute Gasteiger partial charge is 0.303 e. The van der Waals surface area contributed by atoms with Crippen LogP contribution in [0, 0.1) is 0 Å². The monoisotopic (exact) mass is 441 g/mol. The average Bonchev–Trinajstić information content (AvgIpc) is 3.30. The molecule has 3 aromatic carbocycles. The SMILES string of the molecule is Clc1ccc(-c2cc(C3CCN(CCc4ccccc4)CC3)nn2-c2ccccc2)cc1. The Morgan fingerprint density at radius 3 is 2.16 bits per heavy atom. The zero-order valence-electron chi connectivity index (χ0n) is 18.2. The number of para-hydroxylation sites is 1. The van der Waals surface area contributed by atoms with Crippen molar-refractivity contribution in [2.24, 2.45) is 0 Å². The summed E-state index contributed by atoms with van der Waals surface area (Å²) in [7, 11) is 0. The summed E-state index contributed by atoms with van der Waals surface area (Å²) in [5.74, 6) is 0.499. The Bertz CT molecular complexity index is 1130. The number of piperidine rings is 1. The van der Waals surface area contributed by atoms with Gasteiger partial charge in [-0.1, -0.05) is 72.3 Å². The summed E-state index contributed by atoms with van der Waals surface area (Å²) in [5.41, 5.74) is 5.96. The van der Waals surface area contributed by atoms with E-state index in [0.29, 0.717) is 5.92 Å². The summed E-state index contributed by atoms with van der Waals surface area (Å²) in [5, 5.41) is 5.84. The van der Waals surface area contributed by atoms with Crippen LogP contribution in [0.1, 0.15) is 30.0 Å². The standard InChI is InChI=1S/C28H28ClN3/c29-25-13-11-24(12-14-25)28-21-27(30-32(28)26-9-5-2-6-10-26)23-16-19-31(20-17-23)18-15-22-7-3-1-4-8-22/h1-14,21,23H,15-20H2. The number of rotatable bonds is 6. The number of hydrogen-bond donors (Lipinski definition) is 0. The minimum Gasteiger partial charge on any atom is -0.303 e. The summed E-state index contributed by atoms with van der Waals surface area (Å²) < 4.78 is 2.08. The second kappa shape index (κ2) is 9.72. The molecule has 0 N–H and O–H groups in total. The fourth-order valence-electron chi connectivity index (χ4n) is 4.58. The van der Waals surface area contributed by atoms with Crippen molar-refractivity contribution in [3.8, 4) is 16.9 Å². The van der Waals surface area contributed by atoms with E-state index in [9.17, 15) is 0 Å². The lowest BCUT2D eigenvalue weighted by atomic mass is 9.93. The lowest BCUT2D eigenvalue weighted by Gasteiger charge is -2.31. The smallest absolute Gasteiger partial charge is 0.0743 e. The van der Waals surface area contributed by atoms with Gasteiger partial charge in [0.05, 0.1) is 17.1 Å². The fourth-order valence-corrected chi connectivity index (χ4v) is 4.70. The molecule has 1 fully saturated rings. The maximum absolute atomic E-state index is 6.13. The van der Waals surface area contributed by atoms with Crippen molar-refractivity contribution in [2.75, 3.05) is 19.6 Å². The highest BCUT2D eigenvalue weighted by Gasteiger charge is 2.24. The van der Waals surface area contributed by atoms with Crippen LogP contribution in [-0.4, -0.2) is 34.3 Å². The zero-order valence-corrected chi connectivity index (χ0v) is 19.0. The van der Waals surface area contributed by atoms with Gasteiger partial charge >= 0.3 is 0 Å². The molecular weight excluding hydrogens is 414 g/mol. The first kappa shape index (κ1) is 21.0. The number of nitrogens with zero attached hydrogens (tertiary/aromatic N) is 3. The third-order valence-electron chi connectivity index (χ3n) is 6.43. The minimum atomic E-state index is 0.499. The molecule has 1 aliphatic heterocycles. The molecule has 0 amide bonds. The van der Waals surface area contributed by atoms with E-state index < -0.39 is 0 Å². The second-order valence-electron chi connectivity index (χ2n) is 8.56. The van der Waals surface area contributed by atoms with E-state index in [1.807, 2.05) is 18.2 Å². The average molecular weight is 442 g/mol. The Hall–Kier alpha value is -2.88. The molecule has 162 valence electrons.